The topological polar surface area (TPSA) is 20.2 Å². The molecule has 1 N–H and O–H groups in total. The third kappa shape index (κ3) is 3.96. The first-order valence-electron chi connectivity index (χ1n) is 6.20. The Morgan fingerprint density at radius 1 is 1.19 bits per heavy atom. The number of halogens is 3. The molecule has 0 aromatic carbocycles. The second-order valence-electron chi connectivity index (χ2n) is 4.91. The van der Waals surface area contributed by atoms with Crippen LogP contribution in [-0.4, -0.2) is 17.4 Å². The largest absolute Gasteiger partial charge is 0.414 e. The van der Waals surface area contributed by atoms with Crippen molar-refractivity contribution in [2.45, 2.75) is 64.1 Å². The Kier molecular flexibility index (Phi) is 5.09. The van der Waals surface area contributed by atoms with E-state index in [9.17, 15) is 13.2 Å². The summed E-state index contributed by atoms with van der Waals surface area (Å²) in [5.41, 5.74) is 0. The van der Waals surface area contributed by atoms with E-state index in [4.69, 9.17) is 5.11 Å². The number of aliphatic hydroxyl groups is 1. The van der Waals surface area contributed by atoms with Crippen LogP contribution in [0.2, 0.25) is 0 Å². The molecule has 1 nitrogen and oxygen atoms in total. The maximum atomic E-state index is 12.3. The predicted octanol–water partition coefficient (Wildman–Crippen LogP) is 3.91. The van der Waals surface area contributed by atoms with Crippen LogP contribution < -0.4 is 0 Å². The fourth-order valence-corrected chi connectivity index (χ4v) is 2.55. The van der Waals surface area contributed by atoms with Gasteiger partial charge in [0.15, 0.2) is 6.10 Å². The molecule has 1 fully saturated rings. The van der Waals surface area contributed by atoms with Crippen LogP contribution in [0.1, 0.15) is 51.9 Å². The van der Waals surface area contributed by atoms with Crippen molar-refractivity contribution in [2.75, 3.05) is 0 Å². The van der Waals surface area contributed by atoms with Crippen molar-refractivity contribution in [3.05, 3.63) is 0 Å². The van der Waals surface area contributed by atoms with E-state index in [-0.39, 0.29) is 0 Å². The molecule has 1 unspecified atom stereocenters. The molecular weight excluding hydrogens is 217 g/mol. The molecule has 0 bridgehead atoms. The van der Waals surface area contributed by atoms with E-state index < -0.39 is 18.2 Å². The van der Waals surface area contributed by atoms with Gasteiger partial charge in [-0.05, 0) is 24.7 Å². The summed E-state index contributed by atoms with van der Waals surface area (Å²) in [6.45, 7) is 2.12. The summed E-state index contributed by atoms with van der Waals surface area (Å²) >= 11 is 0. The highest BCUT2D eigenvalue weighted by atomic mass is 19.4. The van der Waals surface area contributed by atoms with Gasteiger partial charge in [-0.2, -0.15) is 13.2 Å². The van der Waals surface area contributed by atoms with Crippen LogP contribution in [0.25, 0.3) is 0 Å². The van der Waals surface area contributed by atoms with Crippen LogP contribution >= 0.6 is 0 Å². The van der Waals surface area contributed by atoms with Crippen LogP contribution in [0.4, 0.5) is 13.2 Å². The van der Waals surface area contributed by atoms with Gasteiger partial charge in [-0.15, -0.1) is 0 Å². The van der Waals surface area contributed by atoms with Crippen LogP contribution in [0, 0.1) is 11.8 Å². The normalized spacial score (nSPS) is 29.1. The molecule has 0 aromatic heterocycles. The van der Waals surface area contributed by atoms with Gasteiger partial charge in [0.25, 0.3) is 0 Å². The Morgan fingerprint density at radius 2 is 1.75 bits per heavy atom. The van der Waals surface area contributed by atoms with Crippen LogP contribution in [0.15, 0.2) is 0 Å². The van der Waals surface area contributed by atoms with Crippen molar-refractivity contribution in [2.24, 2.45) is 11.8 Å². The van der Waals surface area contributed by atoms with Gasteiger partial charge in [0.05, 0.1) is 0 Å². The summed E-state index contributed by atoms with van der Waals surface area (Å²) in [4.78, 5) is 0. The number of hydrogen-bond acceptors (Lipinski definition) is 1. The summed E-state index contributed by atoms with van der Waals surface area (Å²) in [7, 11) is 0. The molecular formula is C12H21F3O. The van der Waals surface area contributed by atoms with Crippen molar-refractivity contribution in [1.29, 1.82) is 0 Å². The number of aliphatic hydroxyl groups excluding tert-OH is 1. The highest BCUT2D eigenvalue weighted by molar-refractivity contribution is 4.81. The molecule has 1 aliphatic carbocycles. The number of alkyl halides is 3. The minimum Gasteiger partial charge on any atom is -0.383 e. The van der Waals surface area contributed by atoms with Crippen LogP contribution in [-0.2, 0) is 0 Å². The molecule has 0 aromatic rings. The zero-order valence-corrected chi connectivity index (χ0v) is 9.76. The van der Waals surface area contributed by atoms with Gasteiger partial charge >= 0.3 is 6.18 Å². The van der Waals surface area contributed by atoms with Gasteiger partial charge < -0.3 is 5.11 Å². The lowest BCUT2D eigenvalue weighted by Crippen LogP contribution is -2.37. The fourth-order valence-electron chi connectivity index (χ4n) is 2.55. The number of rotatable bonds is 4. The monoisotopic (exact) mass is 238 g/mol. The van der Waals surface area contributed by atoms with Crippen molar-refractivity contribution in [3.8, 4) is 0 Å². The Labute approximate surface area is 95.0 Å². The second-order valence-corrected chi connectivity index (χ2v) is 4.91. The van der Waals surface area contributed by atoms with E-state index >= 15 is 0 Å². The molecule has 0 spiro atoms. The van der Waals surface area contributed by atoms with E-state index in [1.54, 1.807) is 0 Å². The van der Waals surface area contributed by atoms with Gasteiger partial charge in [-0.1, -0.05) is 39.0 Å². The average Bonchev–Trinajstić information content (AvgIpc) is 2.25. The Balaban J connectivity index is 2.31. The summed E-state index contributed by atoms with van der Waals surface area (Å²) in [5.74, 6) is 0.00881. The summed E-state index contributed by atoms with van der Waals surface area (Å²) < 4.78 is 36.9. The first-order valence-corrected chi connectivity index (χ1v) is 6.20. The van der Waals surface area contributed by atoms with Crippen LogP contribution in [0.3, 0.4) is 0 Å². The van der Waals surface area contributed by atoms with E-state index in [0.29, 0.717) is 18.8 Å². The first kappa shape index (κ1) is 13.8. The van der Waals surface area contributed by atoms with E-state index in [1.165, 1.54) is 0 Å². The quantitative estimate of drug-likeness (QED) is 0.787. The third-order valence-corrected chi connectivity index (χ3v) is 3.64. The summed E-state index contributed by atoms with van der Waals surface area (Å²) in [5, 5.41) is 9.15. The molecule has 0 heterocycles. The molecule has 0 saturated heterocycles. The van der Waals surface area contributed by atoms with Gasteiger partial charge in [0.1, 0.15) is 0 Å². The number of unbranched alkanes of at least 4 members (excludes halogenated alkanes) is 1. The molecule has 1 aliphatic rings. The molecule has 0 amide bonds. The molecule has 1 rings (SSSR count). The molecule has 96 valence electrons. The molecule has 0 radical (unpaired) electrons. The fraction of sp³-hybridized carbons (Fsp3) is 1.00. The first-order chi connectivity index (χ1) is 7.45. The van der Waals surface area contributed by atoms with E-state index in [0.717, 1.165) is 32.1 Å². The number of hydrogen-bond donors (Lipinski definition) is 1. The summed E-state index contributed by atoms with van der Waals surface area (Å²) in [6, 6.07) is 0. The van der Waals surface area contributed by atoms with Crippen LogP contribution in [0.5, 0.6) is 0 Å². The molecule has 0 aliphatic heterocycles. The highest BCUT2D eigenvalue weighted by Crippen LogP contribution is 2.38. The SMILES string of the molecule is CCCCC1CCC(C(O)C(F)(F)F)CC1. The van der Waals surface area contributed by atoms with Crippen molar-refractivity contribution >= 4 is 0 Å². The van der Waals surface area contributed by atoms with Gasteiger partial charge in [0.2, 0.25) is 0 Å². The second kappa shape index (κ2) is 5.89. The van der Waals surface area contributed by atoms with Crippen molar-refractivity contribution < 1.29 is 18.3 Å². The lowest BCUT2D eigenvalue weighted by atomic mass is 9.77. The van der Waals surface area contributed by atoms with Gasteiger partial charge in [-0.25, -0.2) is 0 Å². The predicted molar refractivity (Wildman–Crippen MR) is 57.0 cm³/mol. The Hall–Kier alpha value is -0.250. The highest BCUT2D eigenvalue weighted by Gasteiger charge is 2.44. The zero-order chi connectivity index (χ0) is 12.2. The maximum absolute atomic E-state index is 12.3. The molecule has 1 atom stereocenters. The van der Waals surface area contributed by atoms with Crippen molar-refractivity contribution in [3.63, 3.8) is 0 Å². The minimum absolute atomic E-state index is 0.523. The lowest BCUT2D eigenvalue weighted by molar-refractivity contribution is -0.222. The molecule has 4 heteroatoms. The molecule has 16 heavy (non-hydrogen) atoms. The Bertz CT molecular complexity index is 195. The van der Waals surface area contributed by atoms with E-state index in [1.807, 2.05) is 0 Å². The average molecular weight is 238 g/mol. The lowest BCUT2D eigenvalue weighted by Gasteiger charge is -2.32. The summed E-state index contributed by atoms with van der Waals surface area (Å²) in [6.07, 6.45) is -0.381. The zero-order valence-electron chi connectivity index (χ0n) is 9.76. The minimum atomic E-state index is -4.44. The van der Waals surface area contributed by atoms with Gasteiger partial charge in [-0.3, -0.25) is 0 Å². The smallest absolute Gasteiger partial charge is 0.383 e. The van der Waals surface area contributed by atoms with E-state index in [2.05, 4.69) is 6.92 Å². The third-order valence-electron chi connectivity index (χ3n) is 3.64. The Morgan fingerprint density at radius 3 is 2.19 bits per heavy atom. The van der Waals surface area contributed by atoms with Gasteiger partial charge in [0, 0.05) is 0 Å². The molecule has 1 saturated carbocycles. The maximum Gasteiger partial charge on any atom is 0.414 e. The standard InChI is InChI=1S/C12H21F3O/c1-2-3-4-9-5-7-10(8-6-9)11(16)12(13,14)15/h9-11,16H,2-8H2,1H3. The van der Waals surface area contributed by atoms with Crippen molar-refractivity contribution in [1.82, 2.24) is 0 Å².